The van der Waals surface area contributed by atoms with Crippen molar-refractivity contribution >= 4 is 22.6 Å². The Labute approximate surface area is 375 Å². The quantitative estimate of drug-likeness (QED) is 0.176. The number of para-hydroxylation sites is 3. The van der Waals surface area contributed by atoms with Crippen molar-refractivity contribution < 1.29 is 4.74 Å². The minimum atomic E-state index is -0.564. The molecule has 2 unspecified atom stereocenters. The molecular formula is C62H47NO. The first-order chi connectivity index (χ1) is 31.1. The predicted octanol–water partition coefficient (Wildman–Crippen LogP) is 15.6. The molecule has 2 heteroatoms. The summed E-state index contributed by atoms with van der Waals surface area (Å²) in [5, 5.41) is 0. The summed E-state index contributed by atoms with van der Waals surface area (Å²) in [6.07, 6.45) is 2.62. The van der Waals surface area contributed by atoms with E-state index in [-0.39, 0.29) is 10.8 Å². The molecule has 1 aliphatic heterocycles. The van der Waals surface area contributed by atoms with E-state index in [1.807, 2.05) is 0 Å². The van der Waals surface area contributed by atoms with Crippen LogP contribution in [0.4, 0.5) is 17.1 Å². The smallest absolute Gasteiger partial charge is 0.132 e. The third-order valence-electron chi connectivity index (χ3n) is 15.9. The molecule has 0 radical (unpaired) electrons. The number of nitrogens with zero attached hydrogens (tertiary/aromatic N) is 1. The second-order valence-corrected chi connectivity index (χ2v) is 20.4. The second kappa shape index (κ2) is 12.1. The standard InChI is InChI=1S/C62H47NO/c1-59(2,3)37-27-30-45-50(33-37)62(53-36-54-58(57(45)53)60(54,4)5)47-22-12-10-20-42(47)44-32-29-40(35-52(44)62)63(38-17-7-6-8-18-38)39-28-31-43-41-19-9-11-21-46(41)61(51(43)34-39)48-23-13-15-25-55(48)64-56-26-16-14-24-49(56)61/h6-36,58H,1-5H3. The fraction of sp³-hybridized carbons (Fsp3) is 0.161. The molecule has 2 nitrogen and oxygen atoms in total. The van der Waals surface area contributed by atoms with Crippen LogP contribution < -0.4 is 9.64 Å². The first-order valence-electron chi connectivity index (χ1n) is 23.0. The molecule has 0 aromatic heterocycles. The van der Waals surface area contributed by atoms with Crippen molar-refractivity contribution in [1.82, 2.24) is 0 Å². The van der Waals surface area contributed by atoms with Crippen LogP contribution in [-0.4, -0.2) is 0 Å². The van der Waals surface area contributed by atoms with Gasteiger partial charge >= 0.3 is 0 Å². The zero-order valence-corrected chi connectivity index (χ0v) is 36.8. The van der Waals surface area contributed by atoms with Crippen molar-refractivity contribution in [3.63, 3.8) is 0 Å². The molecule has 6 aliphatic rings. The zero-order valence-electron chi connectivity index (χ0n) is 36.8. The van der Waals surface area contributed by atoms with Crippen LogP contribution in [0.15, 0.2) is 199 Å². The lowest BCUT2D eigenvalue weighted by Crippen LogP contribution is -2.32. The van der Waals surface area contributed by atoms with Gasteiger partial charge in [-0.3, -0.25) is 0 Å². The van der Waals surface area contributed by atoms with Crippen LogP contribution in [0.3, 0.4) is 0 Å². The molecule has 306 valence electrons. The molecule has 1 saturated carbocycles. The van der Waals surface area contributed by atoms with E-state index in [4.69, 9.17) is 4.74 Å². The molecule has 0 saturated heterocycles. The summed E-state index contributed by atoms with van der Waals surface area (Å²) in [5.41, 5.74) is 24.3. The van der Waals surface area contributed by atoms with E-state index < -0.39 is 10.8 Å². The largest absolute Gasteiger partial charge is 0.457 e. The highest BCUT2D eigenvalue weighted by Gasteiger charge is 2.65. The van der Waals surface area contributed by atoms with Crippen molar-refractivity contribution in [2.45, 2.75) is 50.9 Å². The molecule has 2 spiro atoms. The topological polar surface area (TPSA) is 12.5 Å². The average Bonchev–Trinajstić information content (AvgIpc) is 3.75. The van der Waals surface area contributed by atoms with Gasteiger partial charge in [-0.05, 0) is 132 Å². The van der Waals surface area contributed by atoms with Crippen molar-refractivity contribution in [2.75, 3.05) is 4.90 Å². The summed E-state index contributed by atoms with van der Waals surface area (Å²) in [6.45, 7) is 11.9. The number of fused-ring (bicyclic) bond motifs is 20. The molecule has 0 N–H and O–H groups in total. The third-order valence-corrected chi connectivity index (χ3v) is 15.9. The SMILES string of the molecule is CC(C)(C)c1ccc2c(c1)C1(C3=C2C2C(=C3)C2(C)C)c2ccccc2-c2ccc(N(c3ccccc3)c3ccc4c(c3)C3(c5ccccc5Oc5ccccc53)c3ccccc3-4)cc21. The van der Waals surface area contributed by atoms with Crippen LogP contribution in [0, 0.1) is 11.3 Å². The van der Waals surface area contributed by atoms with Crippen LogP contribution in [0.25, 0.3) is 27.8 Å². The Bertz CT molecular complexity index is 3400. The maximum atomic E-state index is 6.71. The molecule has 8 aromatic carbocycles. The van der Waals surface area contributed by atoms with Crippen LogP contribution in [-0.2, 0) is 16.2 Å². The highest BCUT2D eigenvalue weighted by atomic mass is 16.5. The fourth-order valence-corrected chi connectivity index (χ4v) is 13.1. The van der Waals surface area contributed by atoms with E-state index in [9.17, 15) is 0 Å². The molecule has 8 aromatic rings. The molecule has 1 heterocycles. The van der Waals surface area contributed by atoms with Gasteiger partial charge in [0.2, 0.25) is 0 Å². The Balaban J connectivity index is 1.03. The lowest BCUT2D eigenvalue weighted by Gasteiger charge is -2.39. The lowest BCUT2D eigenvalue weighted by molar-refractivity contribution is 0.436. The minimum Gasteiger partial charge on any atom is -0.457 e. The maximum absolute atomic E-state index is 6.71. The normalized spacial score (nSPS) is 20.0. The molecule has 64 heavy (non-hydrogen) atoms. The van der Waals surface area contributed by atoms with E-state index in [1.165, 1.54) is 77.9 Å². The zero-order chi connectivity index (χ0) is 42.9. The van der Waals surface area contributed by atoms with E-state index in [2.05, 4.69) is 228 Å². The first-order valence-corrected chi connectivity index (χ1v) is 23.0. The Morgan fingerprint density at radius 2 is 0.922 bits per heavy atom. The number of rotatable bonds is 3. The van der Waals surface area contributed by atoms with Gasteiger partial charge in [0.15, 0.2) is 0 Å². The summed E-state index contributed by atoms with van der Waals surface area (Å²) >= 11 is 0. The summed E-state index contributed by atoms with van der Waals surface area (Å²) < 4.78 is 6.71. The third kappa shape index (κ3) is 4.32. The number of hydrogen-bond acceptors (Lipinski definition) is 2. The predicted molar refractivity (Wildman–Crippen MR) is 261 cm³/mol. The summed E-state index contributed by atoms with van der Waals surface area (Å²) in [5.74, 6) is 2.27. The van der Waals surface area contributed by atoms with Crippen LogP contribution in [0.2, 0.25) is 0 Å². The molecule has 0 bridgehead atoms. The molecule has 5 aliphatic carbocycles. The van der Waals surface area contributed by atoms with Gasteiger partial charge in [0.05, 0.1) is 10.8 Å². The molecule has 1 fully saturated rings. The van der Waals surface area contributed by atoms with Crippen LogP contribution in [0.5, 0.6) is 11.5 Å². The highest BCUT2D eigenvalue weighted by molar-refractivity contribution is 6.02. The van der Waals surface area contributed by atoms with Crippen molar-refractivity contribution in [1.29, 1.82) is 0 Å². The fourth-order valence-electron chi connectivity index (χ4n) is 13.1. The van der Waals surface area contributed by atoms with E-state index in [1.54, 1.807) is 11.1 Å². The van der Waals surface area contributed by atoms with Gasteiger partial charge in [-0.1, -0.05) is 180 Å². The number of hydrogen-bond donors (Lipinski definition) is 0. The van der Waals surface area contributed by atoms with Gasteiger partial charge in [0.1, 0.15) is 11.5 Å². The minimum absolute atomic E-state index is 0.00604. The lowest BCUT2D eigenvalue weighted by atomic mass is 9.66. The highest BCUT2D eigenvalue weighted by Crippen LogP contribution is 2.75. The van der Waals surface area contributed by atoms with Crippen molar-refractivity contribution in [3.05, 3.63) is 249 Å². The molecule has 0 amide bonds. The van der Waals surface area contributed by atoms with Gasteiger partial charge in [0, 0.05) is 34.1 Å². The van der Waals surface area contributed by atoms with E-state index >= 15 is 0 Å². The molecule has 2 atom stereocenters. The number of allylic oxidation sites excluding steroid dienone is 4. The van der Waals surface area contributed by atoms with Gasteiger partial charge < -0.3 is 9.64 Å². The first kappa shape index (κ1) is 36.3. The van der Waals surface area contributed by atoms with Crippen LogP contribution >= 0.6 is 0 Å². The summed E-state index contributed by atoms with van der Waals surface area (Å²) in [6, 6.07) is 68.5. The Morgan fingerprint density at radius 3 is 1.53 bits per heavy atom. The Kier molecular flexibility index (Phi) is 6.87. The Hall–Kier alpha value is -7.16. The van der Waals surface area contributed by atoms with Crippen molar-refractivity contribution in [2.24, 2.45) is 11.3 Å². The Morgan fingerprint density at radius 1 is 0.438 bits per heavy atom. The number of benzene rings is 8. The average molecular weight is 822 g/mol. The van der Waals surface area contributed by atoms with E-state index in [0.717, 1.165) is 28.6 Å². The van der Waals surface area contributed by atoms with Gasteiger partial charge in [-0.25, -0.2) is 0 Å². The monoisotopic (exact) mass is 821 g/mol. The van der Waals surface area contributed by atoms with Gasteiger partial charge in [-0.2, -0.15) is 0 Å². The maximum Gasteiger partial charge on any atom is 0.132 e. The van der Waals surface area contributed by atoms with Gasteiger partial charge in [0.25, 0.3) is 0 Å². The van der Waals surface area contributed by atoms with Gasteiger partial charge in [-0.15, -0.1) is 0 Å². The van der Waals surface area contributed by atoms with E-state index in [0.29, 0.717) is 5.92 Å². The second-order valence-electron chi connectivity index (χ2n) is 20.4. The van der Waals surface area contributed by atoms with Crippen molar-refractivity contribution in [3.8, 4) is 33.8 Å². The van der Waals surface area contributed by atoms with Crippen LogP contribution in [0.1, 0.15) is 84.7 Å². The number of anilines is 3. The molecule has 14 rings (SSSR count). The molecular weight excluding hydrogens is 775 g/mol. The number of ether oxygens (including phenoxy) is 1. The summed E-state index contributed by atoms with van der Waals surface area (Å²) in [4.78, 5) is 2.50. The summed E-state index contributed by atoms with van der Waals surface area (Å²) in [7, 11) is 0.